The Labute approximate surface area is 123 Å². The van der Waals surface area contributed by atoms with Gasteiger partial charge in [0.25, 0.3) is 0 Å². The number of benzene rings is 1. The molecule has 1 fully saturated rings. The number of hydrogen-bond donors (Lipinski definition) is 1. The number of aliphatic hydroxyl groups excluding tert-OH is 1. The van der Waals surface area contributed by atoms with Gasteiger partial charge >= 0.3 is 0 Å². The summed E-state index contributed by atoms with van der Waals surface area (Å²) in [7, 11) is 1.61. The van der Waals surface area contributed by atoms with E-state index < -0.39 is 0 Å². The van der Waals surface area contributed by atoms with E-state index in [4.69, 9.17) is 4.74 Å². The van der Waals surface area contributed by atoms with Crippen LogP contribution in [0, 0.1) is 11.3 Å². The summed E-state index contributed by atoms with van der Waals surface area (Å²) >= 11 is 0. The van der Waals surface area contributed by atoms with Crippen LogP contribution in [0.4, 0.5) is 5.82 Å². The van der Waals surface area contributed by atoms with Crippen molar-refractivity contribution in [1.82, 2.24) is 4.98 Å². The van der Waals surface area contributed by atoms with Gasteiger partial charge in [-0.15, -0.1) is 0 Å². The van der Waals surface area contributed by atoms with E-state index >= 15 is 0 Å². The van der Waals surface area contributed by atoms with Crippen LogP contribution in [-0.4, -0.2) is 36.4 Å². The molecule has 5 nitrogen and oxygen atoms in total. The Morgan fingerprint density at radius 2 is 2.29 bits per heavy atom. The molecule has 0 bridgehead atoms. The van der Waals surface area contributed by atoms with Gasteiger partial charge in [0.05, 0.1) is 24.3 Å². The van der Waals surface area contributed by atoms with Gasteiger partial charge in [0.15, 0.2) is 0 Å². The maximum absolute atomic E-state index is 9.82. The van der Waals surface area contributed by atoms with Crippen LogP contribution >= 0.6 is 0 Å². The van der Waals surface area contributed by atoms with Gasteiger partial charge in [0.1, 0.15) is 17.6 Å². The highest BCUT2D eigenvalue weighted by Gasteiger charge is 2.21. The molecule has 2 aromatic rings. The van der Waals surface area contributed by atoms with Crippen molar-refractivity contribution in [3.05, 3.63) is 29.8 Å². The predicted octanol–water partition coefficient (Wildman–Crippen LogP) is 2.08. The molecule has 2 heterocycles. The molecule has 0 saturated carbocycles. The molecule has 1 aliphatic heterocycles. The number of rotatable bonds is 2. The summed E-state index contributed by atoms with van der Waals surface area (Å²) in [5, 5.41) is 20.1. The number of aromatic nitrogens is 1. The van der Waals surface area contributed by atoms with E-state index in [1.54, 1.807) is 7.11 Å². The number of ether oxygens (including phenoxy) is 1. The summed E-state index contributed by atoms with van der Waals surface area (Å²) < 4.78 is 5.20. The Hall–Kier alpha value is -2.32. The normalized spacial score (nSPS) is 18.5. The molecule has 1 aromatic heterocycles. The van der Waals surface area contributed by atoms with E-state index in [2.05, 4.69) is 11.1 Å². The molecule has 1 aliphatic rings. The van der Waals surface area contributed by atoms with Crippen LogP contribution in [-0.2, 0) is 0 Å². The third-order valence-corrected chi connectivity index (χ3v) is 3.82. The molecule has 0 aliphatic carbocycles. The molecule has 21 heavy (non-hydrogen) atoms. The van der Waals surface area contributed by atoms with Crippen LogP contribution < -0.4 is 9.64 Å². The average molecular weight is 283 g/mol. The molecular formula is C16H17N3O2. The van der Waals surface area contributed by atoms with Crippen molar-refractivity contribution < 1.29 is 9.84 Å². The number of pyridine rings is 1. The first-order valence-corrected chi connectivity index (χ1v) is 7.03. The van der Waals surface area contributed by atoms with Gasteiger partial charge in [-0.2, -0.15) is 5.26 Å². The van der Waals surface area contributed by atoms with Crippen molar-refractivity contribution in [3.8, 4) is 11.8 Å². The number of nitrogens with zero attached hydrogens (tertiary/aromatic N) is 3. The van der Waals surface area contributed by atoms with Crippen LogP contribution in [0.1, 0.15) is 18.4 Å². The number of β-amino-alcohol motifs (C(OH)–C–C–N with tert-alkyl or cyclic N) is 1. The Morgan fingerprint density at radius 1 is 1.43 bits per heavy atom. The highest BCUT2D eigenvalue weighted by atomic mass is 16.5. The van der Waals surface area contributed by atoms with Crippen molar-refractivity contribution in [1.29, 1.82) is 5.26 Å². The number of nitriles is 1. The first-order valence-electron chi connectivity index (χ1n) is 7.03. The minimum absolute atomic E-state index is 0.348. The maximum atomic E-state index is 9.82. The van der Waals surface area contributed by atoms with Crippen LogP contribution in [0.2, 0.25) is 0 Å². The average Bonchev–Trinajstić information content (AvgIpc) is 2.53. The highest BCUT2D eigenvalue weighted by molar-refractivity contribution is 5.84. The molecule has 0 unspecified atom stereocenters. The number of anilines is 1. The number of hydrogen-bond acceptors (Lipinski definition) is 5. The Bertz CT molecular complexity index is 708. The minimum atomic E-state index is -0.348. The van der Waals surface area contributed by atoms with Gasteiger partial charge in [0.2, 0.25) is 0 Å². The number of piperidine rings is 1. The molecule has 3 rings (SSSR count). The lowest BCUT2D eigenvalue weighted by Gasteiger charge is -2.31. The predicted molar refractivity (Wildman–Crippen MR) is 80.5 cm³/mol. The van der Waals surface area contributed by atoms with Gasteiger partial charge in [0, 0.05) is 18.5 Å². The molecule has 0 spiro atoms. The van der Waals surface area contributed by atoms with Crippen molar-refractivity contribution in [3.63, 3.8) is 0 Å². The Morgan fingerprint density at radius 3 is 3.00 bits per heavy atom. The largest absolute Gasteiger partial charge is 0.497 e. The van der Waals surface area contributed by atoms with Gasteiger partial charge in [-0.3, -0.25) is 0 Å². The Kier molecular flexibility index (Phi) is 3.63. The summed E-state index contributed by atoms with van der Waals surface area (Å²) in [5.41, 5.74) is 1.36. The van der Waals surface area contributed by atoms with Crippen molar-refractivity contribution in [2.45, 2.75) is 18.9 Å². The second-order valence-electron chi connectivity index (χ2n) is 5.27. The van der Waals surface area contributed by atoms with Gasteiger partial charge in [-0.25, -0.2) is 4.98 Å². The third-order valence-electron chi connectivity index (χ3n) is 3.82. The lowest BCUT2D eigenvalue weighted by atomic mass is 10.1. The molecule has 1 atom stereocenters. The van der Waals surface area contributed by atoms with E-state index in [9.17, 15) is 10.4 Å². The first-order chi connectivity index (χ1) is 10.2. The number of aliphatic hydroxyl groups is 1. The van der Waals surface area contributed by atoms with Crippen molar-refractivity contribution >= 4 is 16.7 Å². The minimum Gasteiger partial charge on any atom is -0.497 e. The zero-order chi connectivity index (χ0) is 14.8. The first kappa shape index (κ1) is 13.7. The molecule has 1 saturated heterocycles. The number of methoxy groups -OCH3 is 1. The van der Waals surface area contributed by atoms with E-state index in [1.807, 2.05) is 29.2 Å². The molecular weight excluding hydrogens is 266 g/mol. The maximum Gasteiger partial charge on any atom is 0.147 e. The molecule has 0 amide bonds. The second-order valence-corrected chi connectivity index (χ2v) is 5.27. The SMILES string of the molecule is COc1ccc2nc(N3CCC[C@H](O)C3)c(C#N)cc2c1. The topological polar surface area (TPSA) is 69.4 Å². The third kappa shape index (κ3) is 2.63. The monoisotopic (exact) mass is 283 g/mol. The summed E-state index contributed by atoms with van der Waals surface area (Å²) in [6.07, 6.45) is 1.37. The molecule has 0 radical (unpaired) electrons. The van der Waals surface area contributed by atoms with E-state index in [-0.39, 0.29) is 6.10 Å². The summed E-state index contributed by atoms with van der Waals surface area (Å²) in [6, 6.07) is 9.66. The summed E-state index contributed by atoms with van der Waals surface area (Å²) in [5.74, 6) is 1.41. The highest BCUT2D eigenvalue weighted by Crippen LogP contribution is 2.27. The van der Waals surface area contributed by atoms with E-state index in [1.165, 1.54) is 0 Å². The smallest absolute Gasteiger partial charge is 0.147 e. The fraction of sp³-hybridized carbons (Fsp3) is 0.375. The van der Waals surface area contributed by atoms with Crippen LogP contribution in [0.15, 0.2) is 24.3 Å². The zero-order valence-electron chi connectivity index (χ0n) is 11.9. The van der Waals surface area contributed by atoms with Crippen LogP contribution in [0.3, 0.4) is 0 Å². The van der Waals surface area contributed by atoms with E-state index in [0.29, 0.717) is 17.9 Å². The van der Waals surface area contributed by atoms with Crippen molar-refractivity contribution in [2.75, 3.05) is 25.1 Å². The summed E-state index contributed by atoms with van der Waals surface area (Å²) in [4.78, 5) is 6.61. The zero-order valence-corrected chi connectivity index (χ0v) is 11.9. The standard InChI is InChI=1S/C16H17N3O2/c1-21-14-4-5-15-11(8-14)7-12(9-17)16(18-15)19-6-2-3-13(20)10-19/h4-5,7-8,13,20H,2-3,6,10H2,1H3/t13-/m0/s1. The quantitative estimate of drug-likeness (QED) is 0.913. The summed E-state index contributed by atoms with van der Waals surface area (Å²) in [6.45, 7) is 1.35. The molecule has 5 heteroatoms. The van der Waals surface area contributed by atoms with Crippen LogP contribution in [0.25, 0.3) is 10.9 Å². The molecule has 1 N–H and O–H groups in total. The van der Waals surface area contributed by atoms with Crippen molar-refractivity contribution in [2.24, 2.45) is 0 Å². The lowest BCUT2D eigenvalue weighted by molar-refractivity contribution is 0.154. The van der Waals surface area contributed by atoms with Gasteiger partial charge in [-0.1, -0.05) is 0 Å². The lowest BCUT2D eigenvalue weighted by Crippen LogP contribution is -2.39. The Balaban J connectivity index is 2.07. The second kappa shape index (κ2) is 5.58. The van der Waals surface area contributed by atoms with E-state index in [0.717, 1.165) is 36.0 Å². The van der Waals surface area contributed by atoms with Gasteiger partial charge in [-0.05, 0) is 37.1 Å². The molecule has 1 aromatic carbocycles. The number of fused-ring (bicyclic) bond motifs is 1. The molecule has 108 valence electrons. The van der Waals surface area contributed by atoms with Gasteiger partial charge < -0.3 is 14.7 Å². The van der Waals surface area contributed by atoms with Crippen LogP contribution in [0.5, 0.6) is 5.75 Å². The fourth-order valence-electron chi connectivity index (χ4n) is 2.74. The fourth-order valence-corrected chi connectivity index (χ4v) is 2.74.